The number of anilines is 1. The van der Waals surface area contributed by atoms with Gasteiger partial charge in [-0.3, -0.25) is 10.1 Å². The van der Waals surface area contributed by atoms with E-state index in [9.17, 15) is 14.5 Å². The van der Waals surface area contributed by atoms with Gasteiger partial charge in [-0.2, -0.15) is 0 Å². The van der Waals surface area contributed by atoms with Crippen molar-refractivity contribution in [1.82, 2.24) is 4.98 Å². The highest BCUT2D eigenvalue weighted by molar-refractivity contribution is 6.33. The summed E-state index contributed by atoms with van der Waals surface area (Å²) in [6.07, 6.45) is 1.96. The zero-order valence-corrected chi connectivity index (χ0v) is 13.2. The van der Waals surface area contributed by atoms with Gasteiger partial charge in [0.25, 0.3) is 5.69 Å². The second-order valence-electron chi connectivity index (χ2n) is 5.79. The van der Waals surface area contributed by atoms with Gasteiger partial charge in [0.1, 0.15) is 17.8 Å². The lowest BCUT2D eigenvalue weighted by Crippen LogP contribution is -2.25. The number of aromatic nitrogens is 1. The quantitative estimate of drug-likeness (QED) is 0.617. The van der Waals surface area contributed by atoms with E-state index in [4.69, 9.17) is 11.6 Å². The molecular formula is C16H15ClFN3O2. The largest absolute Gasteiger partial charge is 0.348 e. The summed E-state index contributed by atoms with van der Waals surface area (Å²) in [4.78, 5) is 16.4. The molecule has 7 heteroatoms. The molecule has 0 aliphatic carbocycles. The smallest absolute Gasteiger partial charge is 0.289 e. The summed E-state index contributed by atoms with van der Waals surface area (Å²) in [6.45, 7) is 2.75. The summed E-state index contributed by atoms with van der Waals surface area (Å²) in [5.74, 6) is 0.525. The summed E-state index contributed by atoms with van der Waals surface area (Å²) < 4.78 is 14.2. The first-order chi connectivity index (χ1) is 11.0. The molecule has 120 valence electrons. The Hall–Kier alpha value is -2.21. The van der Waals surface area contributed by atoms with E-state index in [0.29, 0.717) is 23.8 Å². The number of benzene rings is 1. The predicted molar refractivity (Wildman–Crippen MR) is 86.2 cm³/mol. The Bertz CT molecular complexity index is 756. The highest BCUT2D eigenvalue weighted by Gasteiger charge is 2.34. The van der Waals surface area contributed by atoms with Crippen molar-refractivity contribution in [3.63, 3.8) is 0 Å². The van der Waals surface area contributed by atoms with Gasteiger partial charge in [0, 0.05) is 18.2 Å². The normalized spacial score (nSPS) is 20.7. The molecule has 1 aliphatic heterocycles. The molecule has 2 unspecified atom stereocenters. The molecule has 1 fully saturated rings. The number of hydrogen-bond donors (Lipinski definition) is 0. The number of halogens is 2. The van der Waals surface area contributed by atoms with Crippen LogP contribution in [0.5, 0.6) is 0 Å². The molecule has 1 aromatic carbocycles. The van der Waals surface area contributed by atoms with E-state index in [1.165, 1.54) is 18.3 Å². The van der Waals surface area contributed by atoms with Gasteiger partial charge in [0.2, 0.25) is 0 Å². The fourth-order valence-electron chi connectivity index (χ4n) is 3.05. The van der Waals surface area contributed by atoms with Gasteiger partial charge in [0.15, 0.2) is 0 Å². The average Bonchev–Trinajstić information content (AvgIpc) is 2.89. The molecule has 1 saturated heterocycles. The number of rotatable bonds is 3. The number of pyridine rings is 1. The van der Waals surface area contributed by atoms with E-state index in [-0.39, 0.29) is 22.6 Å². The molecule has 3 rings (SSSR count). The lowest BCUT2D eigenvalue weighted by Gasteiger charge is -2.27. The maximum atomic E-state index is 14.2. The number of hydrogen-bond acceptors (Lipinski definition) is 4. The van der Waals surface area contributed by atoms with Crippen LogP contribution in [0.3, 0.4) is 0 Å². The van der Waals surface area contributed by atoms with E-state index >= 15 is 0 Å². The standard InChI is InChI=1S/C16H15ClFN3O2/c1-10-6-15(12-4-2-3-5-14(12)18)20(9-10)16-13(17)7-11(8-19-16)21(22)23/h2-5,7-8,10,15H,6,9H2,1H3. The van der Waals surface area contributed by atoms with Crippen LogP contribution in [-0.4, -0.2) is 16.5 Å². The van der Waals surface area contributed by atoms with Crippen LogP contribution in [0.4, 0.5) is 15.9 Å². The third kappa shape index (κ3) is 2.99. The van der Waals surface area contributed by atoms with E-state index in [1.54, 1.807) is 18.2 Å². The summed E-state index contributed by atoms with van der Waals surface area (Å²) in [5, 5.41) is 11.0. The van der Waals surface area contributed by atoms with Gasteiger partial charge >= 0.3 is 0 Å². The molecule has 2 atom stereocenters. The van der Waals surface area contributed by atoms with Crippen LogP contribution in [0.1, 0.15) is 24.9 Å². The number of nitro groups is 1. The van der Waals surface area contributed by atoms with Gasteiger partial charge < -0.3 is 4.90 Å². The summed E-state index contributed by atoms with van der Waals surface area (Å²) in [5.41, 5.74) is 0.432. The molecule has 0 amide bonds. The molecule has 0 spiro atoms. The fourth-order valence-corrected chi connectivity index (χ4v) is 3.32. The first-order valence-corrected chi connectivity index (χ1v) is 7.66. The van der Waals surface area contributed by atoms with Gasteiger partial charge in [-0.15, -0.1) is 0 Å². The third-order valence-electron chi connectivity index (χ3n) is 4.06. The Morgan fingerprint density at radius 2 is 2.17 bits per heavy atom. The second kappa shape index (κ2) is 6.12. The van der Waals surface area contributed by atoms with Crippen LogP contribution in [0, 0.1) is 21.8 Å². The maximum absolute atomic E-state index is 14.2. The molecule has 0 bridgehead atoms. The van der Waals surface area contributed by atoms with Crippen LogP contribution >= 0.6 is 11.6 Å². The van der Waals surface area contributed by atoms with Crippen LogP contribution in [0.2, 0.25) is 5.02 Å². The van der Waals surface area contributed by atoms with Gasteiger partial charge in [-0.25, -0.2) is 9.37 Å². The van der Waals surface area contributed by atoms with Crippen molar-refractivity contribution in [1.29, 1.82) is 0 Å². The van der Waals surface area contributed by atoms with Crippen molar-refractivity contribution in [2.75, 3.05) is 11.4 Å². The summed E-state index contributed by atoms with van der Waals surface area (Å²) in [7, 11) is 0. The minimum atomic E-state index is -0.538. The minimum absolute atomic E-state index is 0.159. The summed E-state index contributed by atoms with van der Waals surface area (Å²) >= 11 is 6.19. The highest BCUT2D eigenvalue weighted by Crippen LogP contribution is 2.41. The second-order valence-corrected chi connectivity index (χ2v) is 6.19. The van der Waals surface area contributed by atoms with Crippen LogP contribution in [-0.2, 0) is 0 Å². The molecule has 1 aliphatic rings. The molecule has 5 nitrogen and oxygen atoms in total. The van der Waals surface area contributed by atoms with E-state index in [2.05, 4.69) is 11.9 Å². The first-order valence-electron chi connectivity index (χ1n) is 7.28. The van der Waals surface area contributed by atoms with Gasteiger partial charge in [-0.1, -0.05) is 36.7 Å². The molecule has 0 saturated carbocycles. The molecule has 2 aromatic rings. The third-order valence-corrected chi connectivity index (χ3v) is 4.34. The highest BCUT2D eigenvalue weighted by atomic mass is 35.5. The topological polar surface area (TPSA) is 59.3 Å². The summed E-state index contributed by atoms with van der Waals surface area (Å²) in [6, 6.07) is 7.73. The lowest BCUT2D eigenvalue weighted by atomic mass is 10.0. The van der Waals surface area contributed by atoms with Crippen molar-refractivity contribution >= 4 is 23.1 Å². The average molecular weight is 336 g/mol. The maximum Gasteiger partial charge on any atom is 0.289 e. The molecule has 2 heterocycles. The van der Waals surface area contributed by atoms with Crippen molar-refractivity contribution in [2.24, 2.45) is 5.92 Å². The Morgan fingerprint density at radius 3 is 2.83 bits per heavy atom. The predicted octanol–water partition coefficient (Wildman–Crippen LogP) is 4.37. The number of nitrogens with zero attached hydrogens (tertiary/aromatic N) is 3. The van der Waals surface area contributed by atoms with Crippen LogP contribution < -0.4 is 4.90 Å². The zero-order chi connectivity index (χ0) is 16.6. The lowest BCUT2D eigenvalue weighted by molar-refractivity contribution is -0.385. The molecule has 0 radical (unpaired) electrons. The molecule has 0 N–H and O–H groups in total. The van der Waals surface area contributed by atoms with Gasteiger partial charge in [-0.05, 0) is 18.4 Å². The Labute approximate surface area is 137 Å². The first kappa shape index (κ1) is 15.7. The Balaban J connectivity index is 2.00. The van der Waals surface area contributed by atoms with Crippen molar-refractivity contribution in [3.8, 4) is 0 Å². The van der Waals surface area contributed by atoms with E-state index in [1.807, 2.05) is 4.90 Å². The molecule has 1 aromatic heterocycles. The van der Waals surface area contributed by atoms with Crippen molar-refractivity contribution in [3.05, 3.63) is 63.0 Å². The zero-order valence-electron chi connectivity index (χ0n) is 12.4. The van der Waals surface area contributed by atoms with Crippen molar-refractivity contribution in [2.45, 2.75) is 19.4 Å². The monoisotopic (exact) mass is 335 g/mol. The Kier molecular flexibility index (Phi) is 4.17. The van der Waals surface area contributed by atoms with Crippen LogP contribution in [0.15, 0.2) is 36.5 Å². The fraction of sp³-hybridized carbons (Fsp3) is 0.312. The Morgan fingerprint density at radius 1 is 1.43 bits per heavy atom. The van der Waals surface area contributed by atoms with E-state index in [0.717, 1.165) is 6.42 Å². The minimum Gasteiger partial charge on any atom is -0.348 e. The van der Waals surface area contributed by atoms with E-state index < -0.39 is 4.92 Å². The van der Waals surface area contributed by atoms with Gasteiger partial charge in [0.05, 0.1) is 16.0 Å². The SMILES string of the molecule is CC1CC(c2ccccc2F)N(c2ncc([N+](=O)[O-])cc2Cl)C1. The van der Waals surface area contributed by atoms with Crippen LogP contribution in [0.25, 0.3) is 0 Å². The molecule has 23 heavy (non-hydrogen) atoms. The molecular weight excluding hydrogens is 321 g/mol. The van der Waals surface area contributed by atoms with Crippen molar-refractivity contribution < 1.29 is 9.31 Å².